The highest BCUT2D eigenvalue weighted by molar-refractivity contribution is 8.13. The standard InChI is InChI=1S/C26H42N7O19P3S/c1-26(2,21(39)24(40)29-7-6-15(34)28-8-9-56-17(37)5-3-4-16(35)36)11-49-55(46,47)52-54(44,45)48-10-14-20(51-53(41,42)43)19(38)25(50-14)33-13-32-18-22(27)30-12-31-23(18)33/h12-14,19-21,25,38-39H,3-11H2,1-2H3,(H,28,34)(H,29,40)(H,35,36)(H,44,45)(H,46,47)(H2,27,30,31)(H2,41,42,43)/p-4/t14-,19-,20-,21+,25-/m1/s1. The molecule has 0 saturated carbocycles. The van der Waals surface area contributed by atoms with E-state index in [4.69, 9.17) is 15.6 Å². The van der Waals surface area contributed by atoms with Crippen LogP contribution in [-0.4, -0.2) is 114 Å². The molecule has 2 aromatic rings. The first-order chi connectivity index (χ1) is 25.9. The average Bonchev–Trinajstić information content (AvgIpc) is 3.64. The minimum absolute atomic E-state index is 0.0311. The van der Waals surface area contributed by atoms with E-state index in [1.807, 2.05) is 0 Å². The number of aliphatic carboxylic acids is 1. The SMILES string of the molecule is CC(C)(COP(=O)([O-])OP(=O)([O-])OC[C@H]1O[C@@H](n2cnc3c(N)ncnc32)[C@H](O)[C@@H]1OP(=O)([O-])[O-])[C@@H](O)C(=O)NCCC(=O)NCCSC(=O)CCCC(=O)O. The van der Waals surface area contributed by atoms with Gasteiger partial charge in [0.2, 0.25) is 11.8 Å². The molecule has 3 heterocycles. The molecule has 2 aromatic heterocycles. The molecule has 7 N–H and O–H groups in total. The first kappa shape index (κ1) is 47.4. The van der Waals surface area contributed by atoms with Crippen LogP contribution >= 0.6 is 35.2 Å². The fourth-order valence-electron chi connectivity index (χ4n) is 4.73. The van der Waals surface area contributed by atoms with Gasteiger partial charge >= 0.3 is 5.97 Å². The van der Waals surface area contributed by atoms with E-state index >= 15 is 0 Å². The van der Waals surface area contributed by atoms with E-state index in [1.165, 1.54) is 13.8 Å². The highest BCUT2D eigenvalue weighted by Crippen LogP contribution is 2.56. The summed E-state index contributed by atoms with van der Waals surface area (Å²) in [5.74, 6) is -2.45. The Balaban J connectivity index is 1.47. The molecule has 0 aliphatic carbocycles. The number of hydrogen-bond acceptors (Lipinski definition) is 23. The number of carboxylic acids is 1. The predicted molar refractivity (Wildman–Crippen MR) is 180 cm³/mol. The molecule has 0 aromatic carbocycles. The Morgan fingerprint density at radius 1 is 1.04 bits per heavy atom. The number of aliphatic hydroxyl groups excluding tert-OH is 2. The number of amides is 2. The molecule has 3 rings (SSSR count). The van der Waals surface area contributed by atoms with Crippen molar-refractivity contribution in [3.8, 4) is 0 Å². The van der Waals surface area contributed by atoms with Gasteiger partial charge in [0.1, 0.15) is 36.3 Å². The molecule has 2 unspecified atom stereocenters. The van der Waals surface area contributed by atoms with Crippen LogP contribution in [0.5, 0.6) is 0 Å². The maximum Gasteiger partial charge on any atom is 0.303 e. The number of carbonyl (C=O) groups is 4. The number of anilines is 1. The quantitative estimate of drug-likeness (QED) is 0.0464. The molecule has 26 nitrogen and oxygen atoms in total. The van der Waals surface area contributed by atoms with Crippen molar-refractivity contribution in [2.75, 3.05) is 37.8 Å². The number of nitrogens with zero attached hydrogens (tertiary/aromatic N) is 4. The summed E-state index contributed by atoms with van der Waals surface area (Å²) in [5.41, 5.74) is 4.01. The minimum Gasteiger partial charge on any atom is -0.790 e. The molecule has 1 aliphatic heterocycles. The second-order valence-electron chi connectivity index (χ2n) is 12.5. The van der Waals surface area contributed by atoms with Gasteiger partial charge < -0.3 is 74.1 Å². The van der Waals surface area contributed by atoms with Crippen LogP contribution in [0.2, 0.25) is 0 Å². The molecule has 7 atom stereocenters. The van der Waals surface area contributed by atoms with Gasteiger partial charge in [0.05, 0.1) is 27.4 Å². The zero-order valence-electron chi connectivity index (χ0n) is 29.4. The molecule has 1 saturated heterocycles. The second-order valence-corrected chi connectivity index (χ2v) is 17.7. The zero-order valence-corrected chi connectivity index (χ0v) is 32.9. The van der Waals surface area contributed by atoms with Gasteiger partial charge in [-0.15, -0.1) is 0 Å². The van der Waals surface area contributed by atoms with Crippen molar-refractivity contribution < 1.29 is 90.4 Å². The number of nitrogens with one attached hydrogen (secondary N) is 2. The largest absolute Gasteiger partial charge is 0.790 e. The fraction of sp³-hybridized carbons (Fsp3) is 0.654. The number of rotatable bonds is 23. The molecular weight excluding hydrogens is 839 g/mol. The van der Waals surface area contributed by atoms with Crippen molar-refractivity contribution in [3.63, 3.8) is 0 Å². The van der Waals surface area contributed by atoms with E-state index in [2.05, 4.69) is 43.5 Å². The van der Waals surface area contributed by atoms with Gasteiger partial charge in [0.25, 0.3) is 15.6 Å². The summed E-state index contributed by atoms with van der Waals surface area (Å²) in [4.78, 5) is 106. The molecule has 2 amide bonds. The van der Waals surface area contributed by atoms with E-state index in [0.29, 0.717) is 0 Å². The Hall–Kier alpha value is -2.97. The van der Waals surface area contributed by atoms with Crippen molar-refractivity contribution in [1.82, 2.24) is 30.2 Å². The Labute approximate surface area is 321 Å². The van der Waals surface area contributed by atoms with Crippen LogP contribution in [-0.2, 0) is 55.5 Å². The molecule has 0 radical (unpaired) electrons. The number of nitrogen functional groups attached to an aromatic ring is 1. The van der Waals surface area contributed by atoms with Crippen LogP contribution in [0.15, 0.2) is 12.7 Å². The lowest BCUT2D eigenvalue weighted by atomic mass is 9.87. The van der Waals surface area contributed by atoms with Gasteiger partial charge in [-0.1, -0.05) is 25.6 Å². The highest BCUT2D eigenvalue weighted by Gasteiger charge is 2.47. The summed E-state index contributed by atoms with van der Waals surface area (Å²) in [7, 11) is -17.6. The van der Waals surface area contributed by atoms with Crippen LogP contribution in [0.1, 0.15) is 45.8 Å². The summed E-state index contributed by atoms with van der Waals surface area (Å²) in [5, 5.41) is 34.4. The number of carboxylic acid groups (broad SMARTS) is 1. The van der Waals surface area contributed by atoms with Gasteiger partial charge in [-0.3, -0.25) is 32.9 Å². The summed E-state index contributed by atoms with van der Waals surface area (Å²) in [6.45, 7) is -0.127. The summed E-state index contributed by atoms with van der Waals surface area (Å²) < 4.78 is 60.3. The number of aliphatic hydroxyl groups is 2. The third-order valence-electron chi connectivity index (χ3n) is 7.51. The van der Waals surface area contributed by atoms with Gasteiger partial charge in [-0.05, 0) is 6.42 Å². The maximum absolute atomic E-state index is 12.5. The number of hydrogen-bond donors (Lipinski definition) is 6. The number of phosphoric acid groups is 3. The molecule has 0 bridgehead atoms. The van der Waals surface area contributed by atoms with Crippen LogP contribution < -0.4 is 35.9 Å². The van der Waals surface area contributed by atoms with Crippen LogP contribution in [0, 0.1) is 5.41 Å². The average molecular weight is 878 g/mol. The third-order valence-corrected chi connectivity index (χ3v) is 11.5. The Bertz CT molecular complexity index is 1860. The van der Waals surface area contributed by atoms with Crippen molar-refractivity contribution in [2.24, 2.45) is 5.41 Å². The van der Waals surface area contributed by atoms with Gasteiger partial charge in [0, 0.05) is 43.5 Å². The Morgan fingerprint density at radius 3 is 2.38 bits per heavy atom. The van der Waals surface area contributed by atoms with Crippen LogP contribution in [0.25, 0.3) is 11.2 Å². The van der Waals surface area contributed by atoms with Gasteiger partial charge in [-0.2, -0.15) is 0 Å². The summed E-state index contributed by atoms with van der Waals surface area (Å²) in [6.07, 6.45) is -7.62. The van der Waals surface area contributed by atoms with E-state index < -0.39 is 90.5 Å². The number of imidazole rings is 1. The van der Waals surface area contributed by atoms with Crippen molar-refractivity contribution in [3.05, 3.63) is 12.7 Å². The topological polar surface area (TPSA) is 412 Å². The normalized spacial score (nSPS) is 21.6. The molecule has 1 fully saturated rings. The third kappa shape index (κ3) is 14.8. The minimum atomic E-state index is -5.93. The summed E-state index contributed by atoms with van der Waals surface area (Å²) in [6, 6.07) is 0. The number of ether oxygens (including phenoxy) is 1. The van der Waals surface area contributed by atoms with Crippen molar-refractivity contribution >= 4 is 75.1 Å². The second kappa shape index (κ2) is 20.1. The maximum atomic E-state index is 12.5. The van der Waals surface area contributed by atoms with Crippen molar-refractivity contribution in [1.29, 1.82) is 0 Å². The van der Waals surface area contributed by atoms with Crippen LogP contribution in [0.3, 0.4) is 0 Å². The van der Waals surface area contributed by atoms with Crippen LogP contribution in [0.4, 0.5) is 5.82 Å². The molecule has 56 heavy (non-hydrogen) atoms. The first-order valence-corrected chi connectivity index (χ1v) is 21.5. The lowest BCUT2D eigenvalue weighted by molar-refractivity contribution is -0.347. The Kier molecular flexibility index (Phi) is 17.0. The van der Waals surface area contributed by atoms with Gasteiger partial charge in [-0.25, -0.2) is 19.3 Å². The highest BCUT2D eigenvalue weighted by atomic mass is 32.2. The number of phosphoric ester groups is 3. The molecule has 316 valence electrons. The van der Waals surface area contributed by atoms with Crippen molar-refractivity contribution in [2.45, 2.75) is 70.2 Å². The monoisotopic (exact) mass is 877 g/mol. The number of thioether (sulfide) groups is 1. The molecule has 30 heteroatoms. The predicted octanol–water partition coefficient (Wildman–Crippen LogP) is -3.61. The van der Waals surface area contributed by atoms with Gasteiger partial charge in [0.15, 0.2) is 22.8 Å². The summed E-state index contributed by atoms with van der Waals surface area (Å²) >= 11 is 0.917. The van der Waals surface area contributed by atoms with E-state index in [1.54, 1.807) is 0 Å². The lowest BCUT2D eigenvalue weighted by Gasteiger charge is -2.36. The van der Waals surface area contributed by atoms with E-state index in [9.17, 15) is 62.7 Å². The zero-order chi connectivity index (χ0) is 42.1. The van der Waals surface area contributed by atoms with E-state index in [0.717, 1.165) is 29.0 Å². The first-order valence-electron chi connectivity index (χ1n) is 16.1. The lowest BCUT2D eigenvalue weighted by Crippen LogP contribution is -2.46. The molecule has 0 spiro atoms. The number of nitrogens with two attached hydrogens (primary N) is 1. The Morgan fingerprint density at radius 2 is 1.71 bits per heavy atom. The number of aromatic nitrogens is 4. The fourth-order valence-corrected chi connectivity index (χ4v) is 8.18. The number of carbonyl (C=O) groups excluding carboxylic acids is 3. The number of fused-ring (bicyclic) bond motifs is 1. The van der Waals surface area contributed by atoms with E-state index in [-0.39, 0.29) is 66.6 Å². The smallest absolute Gasteiger partial charge is 0.303 e. The molecular formula is C26H38N7O19P3S-4. The molecule has 1 aliphatic rings.